The zero-order chi connectivity index (χ0) is 23.1. The SMILES string of the molecule is CC(C)(C)OC(=O)NCCC(=O)N=C1SC2CS(=O)(=O)CC2N1c1ccc2c(c1)OCO2. The molecule has 10 nitrogen and oxygen atoms in total. The van der Waals surface area contributed by atoms with Crippen LogP contribution in [0.25, 0.3) is 0 Å². The molecule has 3 aliphatic heterocycles. The lowest BCUT2D eigenvalue weighted by Crippen LogP contribution is -2.37. The van der Waals surface area contributed by atoms with Crippen LogP contribution in [-0.4, -0.2) is 67.3 Å². The second kappa shape index (κ2) is 8.47. The lowest BCUT2D eigenvalue weighted by atomic mass is 10.2. The van der Waals surface area contributed by atoms with E-state index in [2.05, 4.69) is 10.3 Å². The molecule has 0 aromatic heterocycles. The molecule has 174 valence electrons. The van der Waals surface area contributed by atoms with Gasteiger partial charge in [-0.05, 0) is 32.9 Å². The zero-order valence-electron chi connectivity index (χ0n) is 18.0. The number of alkyl carbamates (subject to hydrolysis) is 1. The maximum Gasteiger partial charge on any atom is 0.407 e. The van der Waals surface area contributed by atoms with Crippen LogP contribution in [0.3, 0.4) is 0 Å². The van der Waals surface area contributed by atoms with Crippen molar-refractivity contribution in [3.63, 3.8) is 0 Å². The Kier molecular flexibility index (Phi) is 6.01. The molecule has 0 bridgehead atoms. The third-order valence-electron chi connectivity index (χ3n) is 4.93. The van der Waals surface area contributed by atoms with Crippen molar-refractivity contribution in [3.05, 3.63) is 18.2 Å². The van der Waals surface area contributed by atoms with E-state index in [1.807, 2.05) is 0 Å². The van der Waals surface area contributed by atoms with Crippen LogP contribution >= 0.6 is 11.8 Å². The number of amides is 2. The number of carbonyl (C=O) groups excluding carboxylic acids is 2. The fourth-order valence-electron chi connectivity index (χ4n) is 3.65. The monoisotopic (exact) mass is 483 g/mol. The van der Waals surface area contributed by atoms with Crippen LogP contribution in [0.5, 0.6) is 11.5 Å². The summed E-state index contributed by atoms with van der Waals surface area (Å²) in [6, 6.07) is 4.99. The fourth-order valence-corrected chi connectivity index (χ4v) is 7.58. The van der Waals surface area contributed by atoms with E-state index in [0.717, 1.165) is 0 Å². The van der Waals surface area contributed by atoms with Gasteiger partial charge in [0.2, 0.25) is 12.7 Å². The van der Waals surface area contributed by atoms with E-state index >= 15 is 0 Å². The lowest BCUT2D eigenvalue weighted by Gasteiger charge is -2.24. The standard InChI is InChI=1S/C20H25N3O7S2/c1-20(2,3)30-19(25)21-7-6-17(24)22-18-23(13-9-32(26,27)10-16(13)31-18)12-4-5-14-15(8-12)29-11-28-14/h4-5,8,13,16H,6-7,9-11H2,1-3H3,(H,21,25). The van der Waals surface area contributed by atoms with Gasteiger partial charge in [-0.15, -0.1) is 0 Å². The normalized spacial score (nSPS) is 24.5. The number of benzene rings is 1. The Morgan fingerprint density at radius 3 is 2.75 bits per heavy atom. The highest BCUT2D eigenvalue weighted by molar-refractivity contribution is 8.16. The molecule has 1 N–H and O–H groups in total. The van der Waals surface area contributed by atoms with E-state index in [4.69, 9.17) is 14.2 Å². The van der Waals surface area contributed by atoms with Crippen LogP contribution in [0, 0.1) is 0 Å². The van der Waals surface area contributed by atoms with Gasteiger partial charge in [0, 0.05) is 30.0 Å². The van der Waals surface area contributed by atoms with Gasteiger partial charge in [-0.25, -0.2) is 13.2 Å². The van der Waals surface area contributed by atoms with Gasteiger partial charge in [0.25, 0.3) is 0 Å². The third kappa shape index (κ3) is 5.12. The molecule has 4 rings (SSSR count). The first-order chi connectivity index (χ1) is 15.0. The molecule has 3 heterocycles. The Morgan fingerprint density at radius 1 is 1.25 bits per heavy atom. The number of nitrogens with one attached hydrogen (secondary N) is 1. The number of amidine groups is 1. The molecule has 2 unspecified atom stereocenters. The summed E-state index contributed by atoms with van der Waals surface area (Å²) in [5.74, 6) is 0.781. The second-order valence-corrected chi connectivity index (χ2v) is 12.0. The number of hydrogen-bond donors (Lipinski definition) is 1. The summed E-state index contributed by atoms with van der Waals surface area (Å²) in [6.45, 7) is 5.47. The topological polar surface area (TPSA) is 124 Å². The van der Waals surface area contributed by atoms with Crippen molar-refractivity contribution in [1.82, 2.24) is 5.32 Å². The predicted molar refractivity (Wildman–Crippen MR) is 120 cm³/mol. The van der Waals surface area contributed by atoms with Gasteiger partial charge in [0.15, 0.2) is 26.5 Å². The van der Waals surface area contributed by atoms with E-state index in [-0.39, 0.29) is 42.6 Å². The first kappa shape index (κ1) is 22.7. The maximum absolute atomic E-state index is 12.5. The average Bonchev–Trinajstić information content (AvgIpc) is 3.31. The van der Waals surface area contributed by atoms with Crippen molar-refractivity contribution in [2.45, 2.75) is 44.1 Å². The van der Waals surface area contributed by atoms with Gasteiger partial charge >= 0.3 is 6.09 Å². The summed E-state index contributed by atoms with van der Waals surface area (Å²) < 4.78 is 40.3. The smallest absolute Gasteiger partial charge is 0.407 e. The molecule has 0 spiro atoms. The molecule has 2 fully saturated rings. The maximum atomic E-state index is 12.5. The summed E-state index contributed by atoms with van der Waals surface area (Å²) in [4.78, 5) is 30.3. The molecule has 32 heavy (non-hydrogen) atoms. The highest BCUT2D eigenvalue weighted by Crippen LogP contribution is 2.43. The van der Waals surface area contributed by atoms with E-state index in [0.29, 0.717) is 22.4 Å². The summed E-state index contributed by atoms with van der Waals surface area (Å²) in [5.41, 5.74) is 0.0580. The molecular formula is C20H25N3O7S2. The van der Waals surface area contributed by atoms with Gasteiger partial charge in [0.05, 0.1) is 17.5 Å². The number of ether oxygens (including phenoxy) is 3. The molecular weight excluding hydrogens is 458 g/mol. The van der Waals surface area contributed by atoms with E-state index in [1.54, 1.807) is 43.9 Å². The molecule has 0 radical (unpaired) electrons. The predicted octanol–water partition coefficient (Wildman–Crippen LogP) is 1.93. The van der Waals surface area contributed by atoms with Gasteiger partial charge in [-0.1, -0.05) is 11.8 Å². The lowest BCUT2D eigenvalue weighted by molar-refractivity contribution is -0.117. The summed E-state index contributed by atoms with van der Waals surface area (Å²) in [6.07, 6.45) is -0.610. The molecule has 0 saturated carbocycles. The number of aliphatic imine (C=N–C) groups is 1. The fraction of sp³-hybridized carbons (Fsp3) is 0.550. The Labute approximate surface area is 190 Å². The minimum atomic E-state index is -3.17. The molecule has 1 aromatic carbocycles. The number of rotatable bonds is 4. The summed E-state index contributed by atoms with van der Waals surface area (Å²) in [7, 11) is -3.17. The molecule has 2 saturated heterocycles. The van der Waals surface area contributed by atoms with Crippen molar-refractivity contribution >= 4 is 44.5 Å². The molecule has 0 aliphatic carbocycles. The largest absolute Gasteiger partial charge is 0.454 e. The number of hydrogen-bond acceptors (Lipinski definition) is 8. The Morgan fingerprint density at radius 2 is 2.00 bits per heavy atom. The highest BCUT2D eigenvalue weighted by Gasteiger charge is 2.49. The van der Waals surface area contributed by atoms with Gasteiger partial charge in [-0.3, -0.25) is 4.79 Å². The number of nitrogens with zero attached hydrogens (tertiary/aromatic N) is 2. The first-order valence-electron chi connectivity index (χ1n) is 10.2. The molecule has 3 aliphatic rings. The van der Waals surface area contributed by atoms with Crippen molar-refractivity contribution < 1.29 is 32.2 Å². The Balaban J connectivity index is 1.48. The molecule has 2 amide bonds. The first-order valence-corrected chi connectivity index (χ1v) is 12.9. The zero-order valence-corrected chi connectivity index (χ0v) is 19.6. The Bertz CT molecular complexity index is 1070. The number of fused-ring (bicyclic) bond motifs is 2. The van der Waals surface area contributed by atoms with Crippen LogP contribution in [0.4, 0.5) is 10.5 Å². The second-order valence-electron chi connectivity index (χ2n) is 8.67. The van der Waals surface area contributed by atoms with Crippen molar-refractivity contribution in [3.8, 4) is 11.5 Å². The third-order valence-corrected chi connectivity index (χ3v) is 8.14. The molecule has 2 atom stereocenters. The van der Waals surface area contributed by atoms with Crippen LogP contribution in [-0.2, 0) is 19.4 Å². The van der Waals surface area contributed by atoms with Crippen molar-refractivity contribution in [2.24, 2.45) is 4.99 Å². The van der Waals surface area contributed by atoms with Crippen LogP contribution in [0.2, 0.25) is 0 Å². The number of sulfone groups is 1. The summed E-state index contributed by atoms with van der Waals surface area (Å²) in [5, 5.41) is 2.76. The van der Waals surface area contributed by atoms with Gasteiger partial charge in [0.1, 0.15) is 5.60 Å². The number of carbonyl (C=O) groups is 2. The van der Waals surface area contributed by atoms with Gasteiger partial charge in [-0.2, -0.15) is 4.99 Å². The summed E-state index contributed by atoms with van der Waals surface area (Å²) >= 11 is 1.29. The molecule has 1 aromatic rings. The highest BCUT2D eigenvalue weighted by atomic mass is 32.2. The van der Waals surface area contributed by atoms with Crippen molar-refractivity contribution in [2.75, 3.05) is 29.7 Å². The van der Waals surface area contributed by atoms with E-state index in [1.165, 1.54) is 11.8 Å². The van der Waals surface area contributed by atoms with Crippen molar-refractivity contribution in [1.29, 1.82) is 0 Å². The van der Waals surface area contributed by atoms with E-state index < -0.39 is 27.4 Å². The number of anilines is 1. The minimum absolute atomic E-state index is 0.00742. The van der Waals surface area contributed by atoms with Crippen LogP contribution < -0.4 is 19.7 Å². The van der Waals surface area contributed by atoms with E-state index in [9.17, 15) is 18.0 Å². The number of thioether (sulfide) groups is 1. The minimum Gasteiger partial charge on any atom is -0.454 e. The average molecular weight is 484 g/mol. The Hall–Kier alpha value is -2.47. The van der Waals surface area contributed by atoms with Gasteiger partial charge < -0.3 is 24.4 Å². The quantitative estimate of drug-likeness (QED) is 0.684. The molecule has 12 heteroatoms. The van der Waals surface area contributed by atoms with Crippen LogP contribution in [0.15, 0.2) is 23.2 Å². The van der Waals surface area contributed by atoms with Crippen LogP contribution in [0.1, 0.15) is 27.2 Å².